The Morgan fingerprint density at radius 1 is 1.24 bits per heavy atom. The van der Waals surface area contributed by atoms with Crippen molar-refractivity contribution in [2.24, 2.45) is 0 Å². The number of hydrogen-bond donors (Lipinski definition) is 1. The van der Waals surface area contributed by atoms with Gasteiger partial charge in [0.1, 0.15) is 6.04 Å². The lowest BCUT2D eigenvalue weighted by Gasteiger charge is -2.35. The third-order valence-electron chi connectivity index (χ3n) is 3.33. The third-order valence-corrected chi connectivity index (χ3v) is 5.33. The fourth-order valence-electron chi connectivity index (χ4n) is 2.44. The first-order chi connectivity index (χ1) is 7.81. The van der Waals surface area contributed by atoms with Crippen LogP contribution in [-0.4, -0.2) is 49.8 Å². The van der Waals surface area contributed by atoms with Gasteiger partial charge in [-0.1, -0.05) is 0 Å². The number of halogens is 3. The smallest absolute Gasteiger partial charge is 0.305 e. The molecule has 2 saturated heterocycles. The molecular weight excluding hydrogens is 257 g/mol. The van der Waals surface area contributed by atoms with E-state index in [1.165, 1.54) is 4.31 Å². The second-order valence-electron chi connectivity index (χ2n) is 4.51. The SMILES string of the molecule is O=S1(=O)CCCN1C1CCC(C(F)(F)F)NC1. The molecule has 17 heavy (non-hydrogen) atoms. The van der Waals surface area contributed by atoms with Crippen LogP contribution in [0.1, 0.15) is 19.3 Å². The van der Waals surface area contributed by atoms with Gasteiger partial charge in [-0.15, -0.1) is 0 Å². The number of piperidine rings is 1. The van der Waals surface area contributed by atoms with E-state index in [0.29, 0.717) is 13.0 Å². The molecule has 0 aromatic heterocycles. The molecule has 1 N–H and O–H groups in total. The molecule has 2 aliphatic rings. The summed E-state index contributed by atoms with van der Waals surface area (Å²) < 4.78 is 61.8. The summed E-state index contributed by atoms with van der Waals surface area (Å²) in [6.45, 7) is 0.523. The maximum Gasteiger partial charge on any atom is 0.403 e. The highest BCUT2D eigenvalue weighted by Crippen LogP contribution is 2.29. The van der Waals surface area contributed by atoms with Crippen molar-refractivity contribution in [3.63, 3.8) is 0 Å². The van der Waals surface area contributed by atoms with Crippen molar-refractivity contribution in [2.45, 2.75) is 37.5 Å². The minimum absolute atomic E-state index is 0.0554. The van der Waals surface area contributed by atoms with Crippen LogP contribution in [0, 0.1) is 0 Å². The highest BCUT2D eigenvalue weighted by Gasteiger charge is 2.44. The van der Waals surface area contributed by atoms with Crippen LogP contribution in [0.4, 0.5) is 13.2 Å². The van der Waals surface area contributed by atoms with Gasteiger partial charge in [0.05, 0.1) is 5.75 Å². The molecule has 8 heteroatoms. The summed E-state index contributed by atoms with van der Waals surface area (Å²) in [6.07, 6.45) is -3.45. The van der Waals surface area contributed by atoms with E-state index in [9.17, 15) is 21.6 Å². The Morgan fingerprint density at radius 3 is 2.35 bits per heavy atom. The molecule has 0 spiro atoms. The van der Waals surface area contributed by atoms with Gasteiger partial charge >= 0.3 is 6.18 Å². The van der Waals surface area contributed by atoms with Gasteiger partial charge in [-0.25, -0.2) is 8.42 Å². The van der Waals surface area contributed by atoms with Gasteiger partial charge in [-0.2, -0.15) is 17.5 Å². The molecule has 0 radical (unpaired) electrons. The summed E-state index contributed by atoms with van der Waals surface area (Å²) in [5.74, 6) is 0.117. The number of rotatable bonds is 1. The standard InChI is InChI=1S/C9H15F3N2O2S/c10-9(11,12)8-3-2-7(6-13-8)14-4-1-5-17(14,15)16/h7-8,13H,1-6H2. The molecule has 0 aliphatic carbocycles. The second kappa shape index (κ2) is 4.40. The molecular formula is C9H15F3N2O2S. The zero-order valence-electron chi connectivity index (χ0n) is 9.20. The van der Waals surface area contributed by atoms with E-state index < -0.39 is 22.2 Å². The Labute approximate surface area is 98.2 Å². The van der Waals surface area contributed by atoms with Crippen LogP contribution in [0.2, 0.25) is 0 Å². The largest absolute Gasteiger partial charge is 0.403 e. The number of hydrogen-bond acceptors (Lipinski definition) is 3. The van der Waals surface area contributed by atoms with Crippen molar-refractivity contribution < 1.29 is 21.6 Å². The quantitative estimate of drug-likeness (QED) is 0.764. The van der Waals surface area contributed by atoms with Gasteiger partial charge in [0.15, 0.2) is 0 Å². The summed E-state index contributed by atoms with van der Waals surface area (Å²) >= 11 is 0. The van der Waals surface area contributed by atoms with Gasteiger partial charge < -0.3 is 5.32 Å². The molecule has 2 rings (SSSR count). The number of nitrogens with zero attached hydrogens (tertiary/aromatic N) is 1. The summed E-state index contributed by atoms with van der Waals surface area (Å²) in [5.41, 5.74) is 0. The highest BCUT2D eigenvalue weighted by atomic mass is 32.2. The lowest BCUT2D eigenvalue weighted by atomic mass is 10.0. The summed E-state index contributed by atoms with van der Waals surface area (Å²) in [5, 5.41) is 2.39. The van der Waals surface area contributed by atoms with Crippen LogP contribution >= 0.6 is 0 Å². The van der Waals surface area contributed by atoms with Crippen molar-refractivity contribution in [3.05, 3.63) is 0 Å². The summed E-state index contributed by atoms with van der Waals surface area (Å²) in [6, 6.07) is -1.81. The van der Waals surface area contributed by atoms with E-state index in [1.54, 1.807) is 0 Å². The van der Waals surface area contributed by atoms with Crippen LogP contribution in [-0.2, 0) is 10.0 Å². The maximum atomic E-state index is 12.4. The van der Waals surface area contributed by atoms with Gasteiger partial charge in [0.25, 0.3) is 0 Å². The van der Waals surface area contributed by atoms with E-state index >= 15 is 0 Å². The zero-order chi connectivity index (χ0) is 12.7. The van der Waals surface area contributed by atoms with Crippen molar-refractivity contribution >= 4 is 10.0 Å². The number of sulfonamides is 1. The van der Waals surface area contributed by atoms with E-state index in [2.05, 4.69) is 5.32 Å². The van der Waals surface area contributed by atoms with Crippen molar-refractivity contribution in [1.82, 2.24) is 9.62 Å². The number of alkyl halides is 3. The Bertz CT molecular complexity index is 374. The van der Waals surface area contributed by atoms with E-state index in [1.807, 2.05) is 0 Å². The first kappa shape index (κ1) is 13.1. The lowest BCUT2D eigenvalue weighted by Crippen LogP contribution is -2.54. The predicted octanol–water partition coefficient (Wildman–Crippen LogP) is 0.705. The minimum atomic E-state index is -4.24. The van der Waals surface area contributed by atoms with Crippen molar-refractivity contribution in [2.75, 3.05) is 18.8 Å². The highest BCUT2D eigenvalue weighted by molar-refractivity contribution is 7.89. The van der Waals surface area contributed by atoms with Crippen LogP contribution in [0.15, 0.2) is 0 Å². The molecule has 100 valence electrons. The molecule has 0 amide bonds. The molecule has 2 atom stereocenters. The topological polar surface area (TPSA) is 49.4 Å². The average Bonchev–Trinajstić information content (AvgIpc) is 2.57. The van der Waals surface area contributed by atoms with Crippen molar-refractivity contribution in [3.8, 4) is 0 Å². The molecule has 2 aliphatic heterocycles. The summed E-state index contributed by atoms with van der Waals surface area (Å²) in [4.78, 5) is 0. The summed E-state index contributed by atoms with van der Waals surface area (Å²) in [7, 11) is -3.23. The normalized spacial score (nSPS) is 35.0. The zero-order valence-corrected chi connectivity index (χ0v) is 10.0. The van der Waals surface area contributed by atoms with Crippen LogP contribution < -0.4 is 5.32 Å². The van der Waals surface area contributed by atoms with Gasteiger partial charge in [0, 0.05) is 19.1 Å². The van der Waals surface area contributed by atoms with Crippen LogP contribution in [0.5, 0.6) is 0 Å². The van der Waals surface area contributed by atoms with Crippen molar-refractivity contribution in [1.29, 1.82) is 0 Å². The van der Waals surface area contributed by atoms with Crippen LogP contribution in [0.25, 0.3) is 0 Å². The fourth-order valence-corrected chi connectivity index (χ4v) is 4.21. The molecule has 2 unspecified atom stereocenters. The van der Waals surface area contributed by atoms with Crippen LogP contribution in [0.3, 0.4) is 0 Å². The second-order valence-corrected chi connectivity index (χ2v) is 6.55. The first-order valence-corrected chi connectivity index (χ1v) is 7.21. The number of nitrogens with one attached hydrogen (secondary N) is 1. The molecule has 0 aromatic rings. The molecule has 2 heterocycles. The van der Waals surface area contributed by atoms with E-state index in [-0.39, 0.29) is 31.2 Å². The maximum absolute atomic E-state index is 12.4. The monoisotopic (exact) mass is 272 g/mol. The Morgan fingerprint density at radius 2 is 1.94 bits per heavy atom. The third kappa shape index (κ3) is 2.74. The Hall–Kier alpha value is -0.340. The van der Waals surface area contributed by atoms with E-state index in [4.69, 9.17) is 0 Å². The molecule has 0 saturated carbocycles. The van der Waals surface area contributed by atoms with Gasteiger partial charge in [-0.3, -0.25) is 0 Å². The first-order valence-electron chi connectivity index (χ1n) is 5.60. The predicted molar refractivity (Wildman–Crippen MR) is 56.0 cm³/mol. The fraction of sp³-hybridized carbons (Fsp3) is 1.00. The molecule has 2 fully saturated rings. The average molecular weight is 272 g/mol. The molecule has 0 aromatic carbocycles. The van der Waals surface area contributed by atoms with Gasteiger partial charge in [-0.05, 0) is 19.3 Å². The minimum Gasteiger partial charge on any atom is -0.305 e. The molecule has 0 bridgehead atoms. The Balaban J connectivity index is 1.96. The van der Waals surface area contributed by atoms with Gasteiger partial charge in [0.2, 0.25) is 10.0 Å². The molecule has 4 nitrogen and oxygen atoms in total. The lowest BCUT2D eigenvalue weighted by molar-refractivity contribution is -0.161. The van der Waals surface area contributed by atoms with E-state index in [0.717, 1.165) is 0 Å². The Kier molecular flexibility index (Phi) is 3.39.